The fourth-order valence-corrected chi connectivity index (χ4v) is 4.85. The molecule has 0 aromatic heterocycles. The lowest BCUT2D eigenvalue weighted by Crippen LogP contribution is -2.44. The van der Waals surface area contributed by atoms with Crippen LogP contribution in [-0.4, -0.2) is 24.1 Å². The maximum Gasteiger partial charge on any atom is 0.341 e. The average Bonchev–Trinajstić information content (AvgIpc) is 3.04. The summed E-state index contributed by atoms with van der Waals surface area (Å²) in [6.45, 7) is 0. The van der Waals surface area contributed by atoms with Crippen LogP contribution in [0.1, 0.15) is 53.6 Å². The Morgan fingerprint density at radius 2 is 1.90 bits per heavy atom. The van der Waals surface area contributed by atoms with E-state index in [1.54, 1.807) is 6.07 Å². The molecule has 0 bridgehead atoms. The molecule has 0 spiro atoms. The summed E-state index contributed by atoms with van der Waals surface area (Å²) in [4.78, 5) is 25.5. The second kappa shape index (κ2) is 7.13. The van der Waals surface area contributed by atoms with Crippen molar-refractivity contribution in [2.75, 3.05) is 12.4 Å². The third-order valence-corrected chi connectivity index (χ3v) is 6.19. The van der Waals surface area contributed by atoms with Crippen molar-refractivity contribution >= 4 is 17.6 Å². The number of anilines is 1. The van der Waals surface area contributed by atoms with Gasteiger partial charge < -0.3 is 15.2 Å². The van der Waals surface area contributed by atoms with E-state index in [2.05, 4.69) is 5.32 Å². The van der Waals surface area contributed by atoms with Crippen LogP contribution < -0.4 is 5.32 Å². The van der Waals surface area contributed by atoms with Gasteiger partial charge in [0, 0.05) is 0 Å². The quantitative estimate of drug-likeness (QED) is 0.753. The first-order valence-electron chi connectivity index (χ1n) is 9.63. The Hall–Kier alpha value is -2.96. The highest BCUT2D eigenvalue weighted by Gasteiger charge is 2.54. The Morgan fingerprint density at radius 3 is 2.59 bits per heavy atom. The summed E-state index contributed by atoms with van der Waals surface area (Å²) in [7, 11) is 1.20. The number of methoxy groups -OCH3 is 1. The molecule has 5 nitrogen and oxygen atoms in total. The molecule has 1 heterocycles. The Bertz CT molecular complexity index is 1000. The number of hydrogen-bond donors (Lipinski definition) is 2. The number of aromatic hydroxyl groups is 1. The number of carbonyl (C=O) groups excluding carboxylic acids is 2. The van der Waals surface area contributed by atoms with Crippen LogP contribution in [0.3, 0.4) is 0 Å². The summed E-state index contributed by atoms with van der Waals surface area (Å²) in [5.41, 5.74) is -0.710. The molecule has 4 rings (SSSR count). The molecule has 1 aliphatic carbocycles. The first-order valence-corrected chi connectivity index (χ1v) is 9.63. The number of carbonyl (C=O) groups is 2. The van der Waals surface area contributed by atoms with Crippen molar-refractivity contribution in [3.05, 3.63) is 58.7 Å². The maximum atomic E-state index is 14.5. The zero-order chi connectivity index (χ0) is 20.8. The van der Waals surface area contributed by atoms with Gasteiger partial charge in [-0.3, -0.25) is 4.79 Å². The summed E-state index contributed by atoms with van der Waals surface area (Å²) in [6, 6.07) is 6.77. The van der Waals surface area contributed by atoms with Crippen molar-refractivity contribution in [2.24, 2.45) is 5.92 Å². The summed E-state index contributed by atoms with van der Waals surface area (Å²) in [5.74, 6) is -3.76. The van der Waals surface area contributed by atoms with Crippen molar-refractivity contribution in [1.29, 1.82) is 0 Å². The van der Waals surface area contributed by atoms with Gasteiger partial charge in [-0.05, 0) is 48.1 Å². The lowest BCUT2D eigenvalue weighted by molar-refractivity contribution is -0.121. The predicted octanol–water partition coefficient (Wildman–Crippen LogP) is 4.28. The highest BCUT2D eigenvalue weighted by Crippen LogP contribution is 2.53. The number of hydrogen-bond acceptors (Lipinski definition) is 4. The van der Waals surface area contributed by atoms with E-state index in [9.17, 15) is 23.5 Å². The van der Waals surface area contributed by atoms with Gasteiger partial charge in [-0.2, -0.15) is 0 Å². The molecule has 1 saturated carbocycles. The fraction of sp³-hybridized carbons (Fsp3) is 0.364. The molecule has 2 aliphatic rings. The number of phenols is 1. The summed E-state index contributed by atoms with van der Waals surface area (Å²) < 4.78 is 33.1. The minimum absolute atomic E-state index is 0.0796. The molecule has 1 amide bonds. The fourth-order valence-electron chi connectivity index (χ4n) is 4.85. The Kier molecular flexibility index (Phi) is 4.76. The monoisotopic (exact) mass is 401 g/mol. The van der Waals surface area contributed by atoms with E-state index in [1.807, 2.05) is 0 Å². The minimum atomic E-state index is -1.28. The topological polar surface area (TPSA) is 75.6 Å². The Balaban J connectivity index is 1.99. The average molecular weight is 401 g/mol. The van der Waals surface area contributed by atoms with Gasteiger partial charge in [0.2, 0.25) is 5.91 Å². The van der Waals surface area contributed by atoms with Gasteiger partial charge in [0.15, 0.2) is 11.6 Å². The summed E-state index contributed by atoms with van der Waals surface area (Å²) in [6.07, 6.45) is 4.35. The molecule has 1 fully saturated rings. The molecular formula is C22H21F2NO4. The van der Waals surface area contributed by atoms with Crippen LogP contribution in [0.4, 0.5) is 14.5 Å². The van der Waals surface area contributed by atoms with E-state index in [1.165, 1.54) is 25.3 Å². The molecule has 1 aliphatic heterocycles. The first-order chi connectivity index (χ1) is 13.9. The van der Waals surface area contributed by atoms with E-state index in [-0.39, 0.29) is 22.9 Å². The Morgan fingerprint density at radius 1 is 1.17 bits per heavy atom. The highest BCUT2D eigenvalue weighted by atomic mass is 19.2. The van der Waals surface area contributed by atoms with Gasteiger partial charge in [0.05, 0.1) is 12.8 Å². The third-order valence-electron chi connectivity index (χ3n) is 6.19. The van der Waals surface area contributed by atoms with Gasteiger partial charge >= 0.3 is 5.97 Å². The van der Waals surface area contributed by atoms with E-state index >= 15 is 0 Å². The number of rotatable bonds is 3. The number of nitrogens with one attached hydrogen (secondary N) is 1. The number of phenolic OH excluding ortho intramolecular Hbond substituents is 1. The number of fused-ring (bicyclic) bond motifs is 1. The van der Waals surface area contributed by atoms with Crippen LogP contribution in [0.5, 0.6) is 5.75 Å². The molecule has 7 heteroatoms. The summed E-state index contributed by atoms with van der Waals surface area (Å²) >= 11 is 0. The molecular weight excluding hydrogens is 380 g/mol. The minimum Gasteiger partial charge on any atom is -0.507 e. The Labute approximate surface area is 166 Å². The van der Waals surface area contributed by atoms with Gasteiger partial charge in [-0.1, -0.05) is 31.4 Å². The number of benzene rings is 2. The highest BCUT2D eigenvalue weighted by molar-refractivity contribution is 6.09. The van der Waals surface area contributed by atoms with Crippen molar-refractivity contribution in [3.63, 3.8) is 0 Å². The lowest BCUT2D eigenvalue weighted by atomic mass is 9.62. The normalized spacial score (nSPS) is 21.6. The van der Waals surface area contributed by atoms with E-state index < -0.39 is 28.9 Å². The van der Waals surface area contributed by atoms with Crippen LogP contribution in [0.15, 0.2) is 30.3 Å². The molecule has 1 unspecified atom stereocenters. The van der Waals surface area contributed by atoms with Crippen molar-refractivity contribution in [1.82, 2.24) is 0 Å². The number of ether oxygens (including phenoxy) is 1. The SMILES string of the molecule is COC(=O)c1cc(C2(C3CCCCC3)C(=O)Nc3c2ccc(F)c3F)ccc1O. The van der Waals surface area contributed by atoms with Gasteiger partial charge in [0.1, 0.15) is 16.7 Å². The zero-order valence-corrected chi connectivity index (χ0v) is 15.9. The van der Waals surface area contributed by atoms with Gasteiger partial charge in [-0.25, -0.2) is 13.6 Å². The van der Waals surface area contributed by atoms with Crippen LogP contribution in [0.2, 0.25) is 0 Å². The van der Waals surface area contributed by atoms with Crippen LogP contribution in [0, 0.1) is 17.6 Å². The second-order valence-electron chi connectivity index (χ2n) is 7.60. The van der Waals surface area contributed by atoms with Crippen LogP contribution in [-0.2, 0) is 14.9 Å². The van der Waals surface area contributed by atoms with Crippen molar-refractivity contribution < 1.29 is 28.2 Å². The third kappa shape index (κ3) is 2.79. The summed E-state index contributed by atoms with van der Waals surface area (Å²) in [5, 5.41) is 12.6. The first kappa shape index (κ1) is 19.4. The van der Waals surface area contributed by atoms with E-state index in [0.717, 1.165) is 38.2 Å². The molecule has 29 heavy (non-hydrogen) atoms. The van der Waals surface area contributed by atoms with Gasteiger partial charge in [-0.15, -0.1) is 0 Å². The number of esters is 1. The lowest BCUT2D eigenvalue weighted by Gasteiger charge is -2.39. The number of amides is 1. The molecule has 2 aromatic rings. The van der Waals surface area contributed by atoms with Crippen LogP contribution in [0.25, 0.3) is 0 Å². The molecule has 2 aromatic carbocycles. The van der Waals surface area contributed by atoms with Gasteiger partial charge in [0.25, 0.3) is 0 Å². The maximum absolute atomic E-state index is 14.5. The molecule has 152 valence electrons. The van der Waals surface area contributed by atoms with Crippen molar-refractivity contribution in [3.8, 4) is 5.75 Å². The standard InChI is InChI=1S/C22H21F2NO4/c1-29-20(27)14-11-13(7-10-17(14)26)22(12-5-3-2-4-6-12)15-8-9-16(23)18(24)19(15)25-21(22)28/h7-12,26H,2-6H2,1H3,(H,25,28). The van der Waals surface area contributed by atoms with Crippen molar-refractivity contribution in [2.45, 2.75) is 37.5 Å². The zero-order valence-electron chi connectivity index (χ0n) is 15.9. The van der Waals surface area contributed by atoms with Crippen LogP contribution >= 0.6 is 0 Å². The molecule has 0 saturated heterocycles. The largest absolute Gasteiger partial charge is 0.507 e. The molecule has 1 atom stereocenters. The molecule has 0 radical (unpaired) electrons. The smallest absolute Gasteiger partial charge is 0.341 e. The van der Waals surface area contributed by atoms with E-state index in [4.69, 9.17) is 4.74 Å². The predicted molar refractivity (Wildman–Crippen MR) is 102 cm³/mol. The molecule has 2 N–H and O–H groups in total. The second-order valence-corrected chi connectivity index (χ2v) is 7.60. The van der Waals surface area contributed by atoms with E-state index in [0.29, 0.717) is 11.1 Å². The number of halogens is 2.